The molecule has 2 heteroatoms. The second-order valence-corrected chi connectivity index (χ2v) is 1.50. The van der Waals surface area contributed by atoms with E-state index in [0.717, 1.165) is 7.11 Å². The predicted octanol–water partition coefficient (Wildman–Crippen LogP) is -1.77. The number of hydrogen-bond donors (Lipinski definition) is 1. The van der Waals surface area contributed by atoms with Crippen molar-refractivity contribution in [2.24, 2.45) is 0 Å². The average molecular weight is 112 g/mol. The molecule has 0 bridgehead atoms. The van der Waals surface area contributed by atoms with Gasteiger partial charge in [-0.3, -0.25) is 0 Å². The van der Waals surface area contributed by atoms with Gasteiger partial charge < -0.3 is 11.0 Å². The van der Waals surface area contributed by atoms with Crippen LogP contribution in [0.4, 0.5) is 0 Å². The molecule has 0 aromatic carbocycles. The first-order valence-electron chi connectivity index (χ1n) is 1.95. The van der Waals surface area contributed by atoms with E-state index < -0.39 is 0 Å². The van der Waals surface area contributed by atoms with E-state index in [4.69, 9.17) is 5.11 Å². The van der Waals surface area contributed by atoms with Gasteiger partial charge in [-0.2, -0.15) is 20.8 Å². The van der Waals surface area contributed by atoms with Crippen molar-refractivity contribution in [3.63, 3.8) is 0 Å². The zero-order valence-electron chi connectivity index (χ0n) is 5.95. The van der Waals surface area contributed by atoms with Crippen molar-refractivity contribution in [3.05, 3.63) is 5.92 Å². The summed E-state index contributed by atoms with van der Waals surface area (Å²) >= 11 is 0. The molecule has 0 amide bonds. The van der Waals surface area contributed by atoms with Gasteiger partial charge in [-0.1, -0.05) is 0 Å². The molecular weight excluding hydrogens is 99.0 g/mol. The number of hydrogen-bond acceptors (Lipinski definition) is 1. The van der Waals surface area contributed by atoms with Gasteiger partial charge in [-0.05, 0) is 0 Å². The fourth-order valence-corrected chi connectivity index (χ4v) is 0. The molecule has 0 saturated carbocycles. The standard InChI is InChI=1S/C4H9.CH4O.Na/c1-4(2)3;1-2;/h1-3H3;2H,1H3;/q-1;;+1. The third-order valence-electron chi connectivity index (χ3n) is 0. The molecule has 0 fully saturated rings. The number of rotatable bonds is 0. The molecule has 1 N–H and O–H groups in total. The van der Waals surface area contributed by atoms with Crippen molar-refractivity contribution in [1.29, 1.82) is 0 Å². The van der Waals surface area contributed by atoms with Crippen LogP contribution in [0.15, 0.2) is 0 Å². The van der Waals surface area contributed by atoms with Gasteiger partial charge in [0, 0.05) is 7.11 Å². The van der Waals surface area contributed by atoms with Gasteiger partial charge in [0.15, 0.2) is 0 Å². The van der Waals surface area contributed by atoms with Crippen LogP contribution in [0.25, 0.3) is 0 Å². The molecule has 0 aliphatic heterocycles. The fourth-order valence-electron chi connectivity index (χ4n) is 0. The fraction of sp³-hybridized carbons (Fsp3) is 0.800. The van der Waals surface area contributed by atoms with E-state index in [0.29, 0.717) is 0 Å². The first kappa shape index (κ1) is 15.7. The van der Waals surface area contributed by atoms with Crippen molar-refractivity contribution in [2.45, 2.75) is 20.8 Å². The van der Waals surface area contributed by atoms with Gasteiger partial charge in [-0.15, -0.1) is 0 Å². The van der Waals surface area contributed by atoms with Gasteiger partial charge in [-0.25, -0.2) is 0 Å². The molecule has 0 aromatic heterocycles. The maximum absolute atomic E-state index is 7.00. The van der Waals surface area contributed by atoms with E-state index in [1.807, 2.05) is 0 Å². The third-order valence-corrected chi connectivity index (χ3v) is 0. The SMILES string of the molecule is CO.C[C-](C)C.[Na+]. The van der Waals surface area contributed by atoms with Crippen LogP contribution in [0, 0.1) is 5.92 Å². The van der Waals surface area contributed by atoms with Crippen LogP contribution >= 0.6 is 0 Å². The third kappa shape index (κ3) is 186. The van der Waals surface area contributed by atoms with Crippen molar-refractivity contribution in [3.8, 4) is 0 Å². The minimum Gasteiger partial charge on any atom is -0.400 e. The van der Waals surface area contributed by atoms with E-state index in [9.17, 15) is 0 Å². The smallest absolute Gasteiger partial charge is 0.400 e. The first-order chi connectivity index (χ1) is 2.73. The zero-order chi connectivity index (χ0) is 5.58. The Morgan fingerprint density at radius 3 is 1.00 bits per heavy atom. The average Bonchev–Trinajstić information content (AvgIpc) is 1.41. The molecular formula is C5H13NaO. The topological polar surface area (TPSA) is 20.2 Å². The Hall–Kier alpha value is 0.960. The zero-order valence-corrected chi connectivity index (χ0v) is 7.95. The first-order valence-corrected chi connectivity index (χ1v) is 1.95. The summed E-state index contributed by atoms with van der Waals surface area (Å²) < 4.78 is 0. The minimum atomic E-state index is 0. The summed E-state index contributed by atoms with van der Waals surface area (Å²) in [4.78, 5) is 0. The molecule has 0 aromatic rings. The molecule has 0 spiro atoms. The molecule has 0 aliphatic rings. The quantitative estimate of drug-likeness (QED) is 0.290. The van der Waals surface area contributed by atoms with Gasteiger partial charge in [0.2, 0.25) is 0 Å². The van der Waals surface area contributed by atoms with Crippen LogP contribution in [-0.2, 0) is 0 Å². The van der Waals surface area contributed by atoms with Crippen LogP contribution in [0.5, 0.6) is 0 Å². The maximum Gasteiger partial charge on any atom is 1.00 e. The largest absolute Gasteiger partial charge is 1.00 e. The van der Waals surface area contributed by atoms with E-state index in [1.165, 1.54) is 5.92 Å². The number of aliphatic hydroxyl groups excluding tert-OH is 1. The minimum absolute atomic E-state index is 0. The van der Waals surface area contributed by atoms with Crippen LogP contribution in [0.1, 0.15) is 20.8 Å². The Bertz CT molecular complexity index is 12.8. The normalized spacial score (nSPS) is 6.00. The Morgan fingerprint density at radius 1 is 1.00 bits per heavy atom. The summed E-state index contributed by atoms with van der Waals surface area (Å²) in [5.74, 6) is 1.42. The van der Waals surface area contributed by atoms with Gasteiger partial charge >= 0.3 is 29.6 Å². The molecule has 0 aliphatic carbocycles. The van der Waals surface area contributed by atoms with E-state index >= 15 is 0 Å². The van der Waals surface area contributed by atoms with E-state index in [1.54, 1.807) is 0 Å². The molecule has 7 heavy (non-hydrogen) atoms. The second-order valence-electron chi connectivity index (χ2n) is 1.50. The molecule has 0 atom stereocenters. The van der Waals surface area contributed by atoms with Crippen molar-refractivity contribution >= 4 is 0 Å². The molecule has 0 heterocycles. The van der Waals surface area contributed by atoms with Crippen LogP contribution in [0.3, 0.4) is 0 Å². The van der Waals surface area contributed by atoms with Crippen molar-refractivity contribution in [1.82, 2.24) is 0 Å². The van der Waals surface area contributed by atoms with E-state index in [2.05, 4.69) is 20.8 Å². The van der Waals surface area contributed by atoms with Gasteiger partial charge in [0.1, 0.15) is 0 Å². The Morgan fingerprint density at radius 2 is 1.00 bits per heavy atom. The molecule has 0 saturated heterocycles. The van der Waals surface area contributed by atoms with Gasteiger partial charge in [0.05, 0.1) is 0 Å². The van der Waals surface area contributed by atoms with E-state index in [-0.39, 0.29) is 29.6 Å². The molecule has 0 unspecified atom stereocenters. The summed E-state index contributed by atoms with van der Waals surface area (Å²) in [6.45, 7) is 6.25. The summed E-state index contributed by atoms with van der Waals surface area (Å²) in [6.07, 6.45) is 0. The monoisotopic (exact) mass is 112 g/mol. The Kier molecular flexibility index (Phi) is 35.3. The molecule has 0 radical (unpaired) electrons. The van der Waals surface area contributed by atoms with Gasteiger partial charge in [0.25, 0.3) is 0 Å². The Labute approximate surface area is 68.4 Å². The Balaban J connectivity index is -0.0000000480. The molecule has 40 valence electrons. The maximum atomic E-state index is 7.00. The number of aliphatic hydroxyl groups is 1. The van der Waals surface area contributed by atoms with Crippen LogP contribution in [0.2, 0.25) is 0 Å². The van der Waals surface area contributed by atoms with Crippen LogP contribution in [-0.4, -0.2) is 12.2 Å². The van der Waals surface area contributed by atoms with Crippen molar-refractivity contribution < 1.29 is 34.7 Å². The second kappa shape index (κ2) is 15.8. The summed E-state index contributed by atoms with van der Waals surface area (Å²) in [5, 5.41) is 7.00. The summed E-state index contributed by atoms with van der Waals surface area (Å²) in [6, 6.07) is 0. The predicted molar refractivity (Wildman–Crippen MR) is 28.4 cm³/mol. The summed E-state index contributed by atoms with van der Waals surface area (Å²) in [7, 11) is 1.00. The molecule has 0 rings (SSSR count). The van der Waals surface area contributed by atoms with Crippen LogP contribution < -0.4 is 29.6 Å². The van der Waals surface area contributed by atoms with Crippen molar-refractivity contribution in [2.75, 3.05) is 7.11 Å². The summed E-state index contributed by atoms with van der Waals surface area (Å²) in [5.41, 5.74) is 0. The molecule has 1 nitrogen and oxygen atoms in total.